The second-order valence-corrected chi connectivity index (χ2v) is 7.52. The van der Waals surface area contributed by atoms with Gasteiger partial charge in [-0.15, -0.1) is 0 Å². The van der Waals surface area contributed by atoms with Crippen LogP contribution >= 0.6 is 0 Å². The van der Waals surface area contributed by atoms with E-state index in [4.69, 9.17) is 8.92 Å². The summed E-state index contributed by atoms with van der Waals surface area (Å²) >= 11 is 0. The van der Waals surface area contributed by atoms with Crippen molar-refractivity contribution in [1.29, 1.82) is 0 Å². The Labute approximate surface area is 160 Å². The Kier molecular flexibility index (Phi) is 4.44. The van der Waals surface area contributed by atoms with Gasteiger partial charge in [-0.1, -0.05) is 36.4 Å². The molecule has 0 N–H and O–H groups in total. The van der Waals surface area contributed by atoms with Gasteiger partial charge in [-0.3, -0.25) is 4.79 Å². The molecular formula is C21H13FO5S. The largest absolute Gasteiger partial charge is 0.452 e. The highest BCUT2D eigenvalue weighted by atomic mass is 32.2. The Morgan fingerprint density at radius 3 is 2.39 bits per heavy atom. The summed E-state index contributed by atoms with van der Waals surface area (Å²) in [7, 11) is -4.02. The van der Waals surface area contributed by atoms with E-state index in [0.717, 1.165) is 0 Å². The van der Waals surface area contributed by atoms with Crippen molar-refractivity contribution in [2.75, 3.05) is 0 Å². The van der Waals surface area contributed by atoms with Crippen molar-refractivity contribution in [3.8, 4) is 11.5 Å². The van der Waals surface area contributed by atoms with Gasteiger partial charge in [0.1, 0.15) is 22.2 Å². The molecule has 3 aromatic carbocycles. The van der Waals surface area contributed by atoms with Crippen LogP contribution in [-0.2, 0) is 10.1 Å². The molecule has 3 aromatic rings. The van der Waals surface area contributed by atoms with Gasteiger partial charge >= 0.3 is 10.1 Å². The fourth-order valence-corrected chi connectivity index (χ4v) is 3.66. The van der Waals surface area contributed by atoms with Crippen molar-refractivity contribution in [2.45, 2.75) is 4.90 Å². The van der Waals surface area contributed by atoms with E-state index in [1.807, 2.05) is 0 Å². The Morgan fingerprint density at radius 1 is 0.929 bits per heavy atom. The first kappa shape index (κ1) is 17.9. The van der Waals surface area contributed by atoms with Crippen LogP contribution in [0.15, 0.2) is 83.5 Å². The maximum atomic E-state index is 13.8. The zero-order valence-electron chi connectivity index (χ0n) is 14.3. The van der Waals surface area contributed by atoms with Gasteiger partial charge < -0.3 is 8.92 Å². The first-order chi connectivity index (χ1) is 13.4. The average Bonchev–Trinajstić information content (AvgIpc) is 2.99. The van der Waals surface area contributed by atoms with Crippen molar-refractivity contribution in [3.63, 3.8) is 0 Å². The fraction of sp³-hybridized carbons (Fsp3) is 0. The Morgan fingerprint density at radius 2 is 1.64 bits per heavy atom. The molecule has 0 saturated carbocycles. The van der Waals surface area contributed by atoms with Gasteiger partial charge in [-0.25, -0.2) is 4.39 Å². The Bertz CT molecular complexity index is 1200. The number of carbonyl (C=O) groups is 1. The zero-order chi connectivity index (χ0) is 19.7. The lowest BCUT2D eigenvalue weighted by molar-refractivity contribution is 0.101. The maximum Gasteiger partial charge on any atom is 0.339 e. The van der Waals surface area contributed by atoms with Gasteiger partial charge in [0.2, 0.25) is 5.78 Å². The smallest absolute Gasteiger partial charge is 0.339 e. The molecule has 140 valence electrons. The van der Waals surface area contributed by atoms with Crippen LogP contribution in [0.3, 0.4) is 0 Å². The standard InChI is InChI=1S/C21H13FO5S/c22-18-9-5-4-6-14(18)12-20-21(23)17-11-10-15(13-19(17)26-20)27-28(24,25)16-7-2-1-3-8-16/h1-13H/b20-12-. The summed E-state index contributed by atoms with van der Waals surface area (Å²) in [6.45, 7) is 0. The quantitative estimate of drug-likeness (QED) is 0.488. The molecule has 0 atom stereocenters. The molecule has 0 fully saturated rings. The number of rotatable bonds is 4. The van der Waals surface area contributed by atoms with E-state index >= 15 is 0 Å². The number of Topliss-reactive ketones (excluding diaryl/α,β-unsaturated/α-hetero) is 1. The third kappa shape index (κ3) is 3.39. The molecule has 0 spiro atoms. The topological polar surface area (TPSA) is 69.7 Å². The minimum atomic E-state index is -4.02. The van der Waals surface area contributed by atoms with Crippen molar-refractivity contribution in [3.05, 3.63) is 95.5 Å². The molecule has 4 rings (SSSR count). The summed E-state index contributed by atoms with van der Waals surface area (Å²) < 4.78 is 49.1. The van der Waals surface area contributed by atoms with Crippen LogP contribution in [0.2, 0.25) is 0 Å². The molecule has 0 aliphatic carbocycles. The SMILES string of the molecule is O=C1/C(=C/c2ccccc2F)Oc2cc(OS(=O)(=O)c3ccccc3)ccc21. The molecular weight excluding hydrogens is 383 g/mol. The number of hydrogen-bond acceptors (Lipinski definition) is 5. The van der Waals surface area contributed by atoms with Crippen LogP contribution in [0.4, 0.5) is 4.39 Å². The van der Waals surface area contributed by atoms with Gasteiger partial charge in [0.25, 0.3) is 0 Å². The van der Waals surface area contributed by atoms with Gasteiger partial charge in [-0.2, -0.15) is 8.42 Å². The van der Waals surface area contributed by atoms with E-state index in [1.54, 1.807) is 30.3 Å². The van der Waals surface area contributed by atoms with Gasteiger partial charge in [0, 0.05) is 11.6 Å². The van der Waals surface area contributed by atoms with Crippen LogP contribution in [-0.4, -0.2) is 14.2 Å². The number of ether oxygens (including phenoxy) is 1. The highest BCUT2D eigenvalue weighted by Gasteiger charge is 2.29. The first-order valence-electron chi connectivity index (χ1n) is 8.26. The van der Waals surface area contributed by atoms with Crippen LogP contribution < -0.4 is 8.92 Å². The minimum absolute atomic E-state index is 0.00236. The van der Waals surface area contributed by atoms with Crippen LogP contribution in [0.25, 0.3) is 6.08 Å². The normalized spacial score (nSPS) is 14.6. The lowest BCUT2D eigenvalue weighted by Crippen LogP contribution is -2.09. The number of allylic oxidation sites excluding steroid dienone is 1. The highest BCUT2D eigenvalue weighted by molar-refractivity contribution is 7.87. The monoisotopic (exact) mass is 396 g/mol. The second kappa shape index (κ2) is 6.94. The van der Waals surface area contributed by atoms with E-state index < -0.39 is 21.7 Å². The molecule has 28 heavy (non-hydrogen) atoms. The van der Waals surface area contributed by atoms with Crippen molar-refractivity contribution in [2.24, 2.45) is 0 Å². The van der Waals surface area contributed by atoms with Crippen LogP contribution in [0.1, 0.15) is 15.9 Å². The van der Waals surface area contributed by atoms with Crippen molar-refractivity contribution < 1.29 is 26.5 Å². The average molecular weight is 396 g/mol. The Hall–Kier alpha value is -3.45. The molecule has 1 aliphatic heterocycles. The summed E-state index contributed by atoms with van der Waals surface area (Å²) in [5, 5.41) is 0. The summed E-state index contributed by atoms with van der Waals surface area (Å²) in [6.07, 6.45) is 1.30. The molecule has 0 aromatic heterocycles. The van der Waals surface area contributed by atoms with E-state index in [0.29, 0.717) is 0 Å². The van der Waals surface area contributed by atoms with E-state index in [9.17, 15) is 17.6 Å². The number of ketones is 1. The molecule has 1 aliphatic rings. The molecule has 1 heterocycles. The van der Waals surface area contributed by atoms with Crippen LogP contribution in [0.5, 0.6) is 11.5 Å². The van der Waals surface area contributed by atoms with E-state index in [-0.39, 0.29) is 33.3 Å². The Balaban J connectivity index is 1.62. The molecule has 0 saturated heterocycles. The van der Waals surface area contributed by atoms with Gasteiger partial charge in [-0.05, 0) is 36.4 Å². The fourth-order valence-electron chi connectivity index (χ4n) is 2.71. The van der Waals surface area contributed by atoms with E-state index in [1.165, 1.54) is 48.5 Å². The third-order valence-electron chi connectivity index (χ3n) is 4.07. The lowest BCUT2D eigenvalue weighted by atomic mass is 10.1. The molecule has 0 amide bonds. The molecule has 0 unspecified atom stereocenters. The van der Waals surface area contributed by atoms with E-state index in [2.05, 4.69) is 0 Å². The second-order valence-electron chi connectivity index (χ2n) is 5.97. The van der Waals surface area contributed by atoms with Crippen molar-refractivity contribution in [1.82, 2.24) is 0 Å². The minimum Gasteiger partial charge on any atom is -0.452 e. The van der Waals surface area contributed by atoms with Gasteiger partial charge in [0.15, 0.2) is 5.76 Å². The van der Waals surface area contributed by atoms with Crippen molar-refractivity contribution >= 4 is 22.0 Å². The molecule has 0 radical (unpaired) electrons. The summed E-state index contributed by atoms with van der Waals surface area (Å²) in [4.78, 5) is 12.5. The zero-order valence-corrected chi connectivity index (χ0v) is 15.1. The summed E-state index contributed by atoms with van der Waals surface area (Å²) in [5.74, 6) is -0.810. The van der Waals surface area contributed by atoms with Gasteiger partial charge in [0.05, 0.1) is 5.56 Å². The number of benzene rings is 3. The maximum absolute atomic E-state index is 13.8. The molecule has 0 bridgehead atoms. The predicted octanol–water partition coefficient (Wildman–Crippen LogP) is 4.21. The molecule has 7 heteroatoms. The number of hydrogen-bond donors (Lipinski definition) is 0. The lowest BCUT2D eigenvalue weighted by Gasteiger charge is -2.07. The predicted molar refractivity (Wildman–Crippen MR) is 100 cm³/mol. The number of fused-ring (bicyclic) bond motifs is 1. The van der Waals surface area contributed by atoms with Crippen LogP contribution in [0, 0.1) is 5.82 Å². The first-order valence-corrected chi connectivity index (χ1v) is 9.67. The third-order valence-corrected chi connectivity index (χ3v) is 5.33. The number of halogens is 1. The summed E-state index contributed by atoms with van der Waals surface area (Å²) in [5.41, 5.74) is 0.453. The summed E-state index contributed by atoms with van der Waals surface area (Å²) in [6, 6.07) is 17.8. The molecule has 5 nitrogen and oxygen atoms in total. The highest BCUT2D eigenvalue weighted by Crippen LogP contribution is 2.35. The number of carbonyl (C=O) groups excluding carboxylic acids is 1.